The Morgan fingerprint density at radius 3 is 1.65 bits per heavy atom. The zero-order valence-electron chi connectivity index (χ0n) is 16.4. The van der Waals surface area contributed by atoms with Crippen LogP contribution in [0.3, 0.4) is 0 Å². The summed E-state index contributed by atoms with van der Waals surface area (Å²) in [5, 5.41) is 0. The van der Waals surface area contributed by atoms with Crippen LogP contribution in [-0.4, -0.2) is 34.2 Å². The molecule has 26 heavy (non-hydrogen) atoms. The first-order chi connectivity index (χ1) is 12.3. The van der Waals surface area contributed by atoms with Crippen LogP contribution >= 0.6 is 0 Å². The molecule has 0 amide bonds. The van der Waals surface area contributed by atoms with Crippen LogP contribution in [0, 0.1) is 5.41 Å². The standard InChI is InChI=1S/C21H26O5/c1-21(2,3)20(22)13-11-12-16(25-6)18(19(13)26-7)17-14(23-4)9-8-10-15(17)24-5/h8-12H,1-7H3. The minimum absolute atomic E-state index is 0.0212. The largest absolute Gasteiger partial charge is 0.496 e. The lowest BCUT2D eigenvalue weighted by atomic mass is 9.84. The van der Waals surface area contributed by atoms with E-state index in [1.807, 2.05) is 39.0 Å². The summed E-state index contributed by atoms with van der Waals surface area (Å²) >= 11 is 0. The fourth-order valence-electron chi connectivity index (χ4n) is 2.86. The highest BCUT2D eigenvalue weighted by atomic mass is 16.5. The second kappa shape index (κ2) is 7.68. The van der Waals surface area contributed by atoms with Crippen LogP contribution in [0.15, 0.2) is 30.3 Å². The van der Waals surface area contributed by atoms with E-state index in [2.05, 4.69) is 0 Å². The lowest BCUT2D eigenvalue weighted by Gasteiger charge is -2.23. The van der Waals surface area contributed by atoms with Crippen molar-refractivity contribution in [2.75, 3.05) is 28.4 Å². The molecule has 0 aliphatic carbocycles. The highest BCUT2D eigenvalue weighted by Gasteiger charge is 2.30. The normalized spacial score (nSPS) is 11.0. The molecule has 2 aromatic carbocycles. The van der Waals surface area contributed by atoms with Gasteiger partial charge in [0.2, 0.25) is 0 Å². The maximum Gasteiger partial charge on any atom is 0.171 e. The SMILES string of the molecule is COc1cccc(OC)c1-c1c(OC)ccc(C(=O)C(C)(C)C)c1OC. The molecular weight excluding hydrogens is 332 g/mol. The van der Waals surface area contributed by atoms with E-state index in [1.165, 1.54) is 0 Å². The van der Waals surface area contributed by atoms with E-state index in [0.29, 0.717) is 39.7 Å². The number of carbonyl (C=O) groups excluding carboxylic acids is 1. The van der Waals surface area contributed by atoms with E-state index in [-0.39, 0.29) is 5.78 Å². The maximum absolute atomic E-state index is 13.0. The van der Waals surface area contributed by atoms with Crippen LogP contribution in [-0.2, 0) is 0 Å². The fraction of sp³-hybridized carbons (Fsp3) is 0.381. The Morgan fingerprint density at radius 2 is 1.23 bits per heavy atom. The topological polar surface area (TPSA) is 54.0 Å². The van der Waals surface area contributed by atoms with Crippen LogP contribution in [0.4, 0.5) is 0 Å². The third kappa shape index (κ3) is 3.47. The van der Waals surface area contributed by atoms with E-state index in [1.54, 1.807) is 40.6 Å². The Kier molecular flexibility index (Phi) is 5.80. The molecule has 0 aliphatic rings. The van der Waals surface area contributed by atoms with Gasteiger partial charge in [0.05, 0.1) is 45.1 Å². The van der Waals surface area contributed by atoms with Crippen molar-refractivity contribution in [3.63, 3.8) is 0 Å². The van der Waals surface area contributed by atoms with Crippen LogP contribution in [0.2, 0.25) is 0 Å². The smallest absolute Gasteiger partial charge is 0.171 e. The van der Waals surface area contributed by atoms with E-state index in [9.17, 15) is 4.79 Å². The Labute approximate surface area is 154 Å². The second-order valence-corrected chi connectivity index (χ2v) is 6.84. The summed E-state index contributed by atoms with van der Waals surface area (Å²) < 4.78 is 22.3. The van der Waals surface area contributed by atoms with Gasteiger partial charge in [-0.15, -0.1) is 0 Å². The number of carbonyl (C=O) groups is 1. The van der Waals surface area contributed by atoms with Crippen molar-refractivity contribution < 1.29 is 23.7 Å². The van der Waals surface area contributed by atoms with E-state index in [4.69, 9.17) is 18.9 Å². The van der Waals surface area contributed by atoms with Gasteiger partial charge < -0.3 is 18.9 Å². The van der Waals surface area contributed by atoms with Gasteiger partial charge in [-0.3, -0.25) is 4.79 Å². The van der Waals surface area contributed by atoms with Crippen molar-refractivity contribution in [3.05, 3.63) is 35.9 Å². The molecule has 0 saturated carbocycles. The average Bonchev–Trinajstić information content (AvgIpc) is 2.64. The van der Waals surface area contributed by atoms with Gasteiger partial charge in [0, 0.05) is 5.41 Å². The number of hydrogen-bond donors (Lipinski definition) is 0. The molecule has 2 rings (SSSR count). The molecule has 0 saturated heterocycles. The Hall–Kier alpha value is -2.69. The molecule has 0 radical (unpaired) electrons. The summed E-state index contributed by atoms with van der Waals surface area (Å²) in [4.78, 5) is 13.0. The quantitative estimate of drug-likeness (QED) is 0.706. The second-order valence-electron chi connectivity index (χ2n) is 6.84. The lowest BCUT2D eigenvalue weighted by molar-refractivity contribution is 0.0855. The summed E-state index contributed by atoms with van der Waals surface area (Å²) in [5.74, 6) is 2.18. The Morgan fingerprint density at radius 1 is 0.731 bits per heavy atom. The molecule has 0 spiro atoms. The van der Waals surface area contributed by atoms with Crippen LogP contribution in [0.25, 0.3) is 11.1 Å². The first-order valence-corrected chi connectivity index (χ1v) is 8.31. The fourth-order valence-corrected chi connectivity index (χ4v) is 2.86. The molecule has 0 atom stereocenters. The van der Waals surface area contributed by atoms with Gasteiger partial charge in [0.25, 0.3) is 0 Å². The molecule has 5 heteroatoms. The van der Waals surface area contributed by atoms with Crippen LogP contribution in [0.5, 0.6) is 23.0 Å². The molecule has 0 aliphatic heterocycles. The first kappa shape index (κ1) is 19.6. The van der Waals surface area contributed by atoms with Crippen molar-refractivity contribution in [2.45, 2.75) is 20.8 Å². The minimum atomic E-state index is -0.552. The minimum Gasteiger partial charge on any atom is -0.496 e. The predicted molar refractivity (Wildman–Crippen MR) is 102 cm³/mol. The molecule has 5 nitrogen and oxygen atoms in total. The maximum atomic E-state index is 13.0. The summed E-state index contributed by atoms with van der Waals surface area (Å²) in [6.45, 7) is 5.63. The van der Waals surface area contributed by atoms with Gasteiger partial charge >= 0.3 is 0 Å². The van der Waals surface area contributed by atoms with E-state index < -0.39 is 5.41 Å². The van der Waals surface area contributed by atoms with Crippen molar-refractivity contribution in [3.8, 4) is 34.1 Å². The number of methoxy groups -OCH3 is 4. The van der Waals surface area contributed by atoms with Gasteiger partial charge in [-0.2, -0.15) is 0 Å². The molecule has 0 unspecified atom stereocenters. The van der Waals surface area contributed by atoms with Crippen LogP contribution in [0.1, 0.15) is 31.1 Å². The number of ether oxygens (including phenoxy) is 4. The molecule has 0 bridgehead atoms. The zero-order valence-corrected chi connectivity index (χ0v) is 16.4. The van der Waals surface area contributed by atoms with Gasteiger partial charge in [0.15, 0.2) is 5.78 Å². The number of rotatable bonds is 6. The van der Waals surface area contributed by atoms with E-state index in [0.717, 1.165) is 0 Å². The van der Waals surface area contributed by atoms with Crippen molar-refractivity contribution in [1.82, 2.24) is 0 Å². The zero-order chi connectivity index (χ0) is 19.5. The van der Waals surface area contributed by atoms with Crippen LogP contribution < -0.4 is 18.9 Å². The number of Topliss-reactive ketones (excluding diaryl/α,β-unsaturated/α-hetero) is 1. The van der Waals surface area contributed by atoms with E-state index >= 15 is 0 Å². The Balaban J connectivity index is 2.91. The van der Waals surface area contributed by atoms with Gasteiger partial charge in [-0.05, 0) is 24.3 Å². The van der Waals surface area contributed by atoms with Crippen molar-refractivity contribution in [1.29, 1.82) is 0 Å². The van der Waals surface area contributed by atoms with Crippen molar-refractivity contribution in [2.24, 2.45) is 5.41 Å². The highest BCUT2D eigenvalue weighted by Crippen LogP contribution is 2.49. The highest BCUT2D eigenvalue weighted by molar-refractivity contribution is 6.05. The molecule has 0 N–H and O–H groups in total. The molecule has 2 aromatic rings. The van der Waals surface area contributed by atoms with Crippen molar-refractivity contribution >= 4 is 5.78 Å². The average molecular weight is 358 g/mol. The number of ketones is 1. The molecule has 0 heterocycles. The third-order valence-corrected chi connectivity index (χ3v) is 4.15. The number of benzene rings is 2. The molecular formula is C21H26O5. The first-order valence-electron chi connectivity index (χ1n) is 8.31. The molecule has 0 fully saturated rings. The van der Waals surface area contributed by atoms with Gasteiger partial charge in [0.1, 0.15) is 23.0 Å². The Bertz CT molecular complexity index is 781. The summed E-state index contributed by atoms with van der Waals surface area (Å²) in [7, 11) is 6.29. The summed E-state index contributed by atoms with van der Waals surface area (Å²) in [6.07, 6.45) is 0. The lowest BCUT2D eigenvalue weighted by Crippen LogP contribution is -2.21. The third-order valence-electron chi connectivity index (χ3n) is 4.15. The molecule has 0 aromatic heterocycles. The summed E-state index contributed by atoms with van der Waals surface area (Å²) in [6, 6.07) is 8.99. The number of hydrogen-bond acceptors (Lipinski definition) is 5. The van der Waals surface area contributed by atoms with Gasteiger partial charge in [-0.25, -0.2) is 0 Å². The predicted octanol–water partition coefficient (Wildman–Crippen LogP) is 4.62. The molecule has 140 valence electrons. The van der Waals surface area contributed by atoms with Gasteiger partial charge in [-0.1, -0.05) is 26.8 Å². The summed E-state index contributed by atoms with van der Waals surface area (Å²) in [5.41, 5.74) is 1.24. The monoisotopic (exact) mass is 358 g/mol.